The van der Waals surface area contributed by atoms with Crippen LogP contribution >= 0.6 is 11.3 Å². The molecular weight excluding hydrogens is 899 g/mol. The highest BCUT2D eigenvalue weighted by Crippen LogP contribution is 2.45. The van der Waals surface area contributed by atoms with Crippen LogP contribution in [0.4, 0.5) is 4.79 Å². The number of rotatable bonds is 25. The molecule has 1 saturated heterocycles. The summed E-state index contributed by atoms with van der Waals surface area (Å²) in [7, 11) is 0. The third-order valence-corrected chi connectivity index (χ3v) is 14.9. The van der Waals surface area contributed by atoms with Crippen LogP contribution in [0.15, 0.2) is 53.6 Å². The van der Waals surface area contributed by atoms with Crippen LogP contribution in [0.1, 0.15) is 142 Å². The normalized spacial score (nSPS) is 23.6. The van der Waals surface area contributed by atoms with E-state index >= 15 is 0 Å². The first-order chi connectivity index (χ1) is 32.8. The Balaban J connectivity index is 0.953. The van der Waals surface area contributed by atoms with Crippen LogP contribution in [0.2, 0.25) is 0 Å². The lowest BCUT2D eigenvalue weighted by atomic mass is 9.65. The number of benzene rings is 1. The predicted molar refractivity (Wildman–Crippen MR) is 267 cm³/mol. The molecule has 382 valence electrons. The number of β-amino-alcohol motifs (C(OH)–C–C–N with tert-alkyl or cyclic N) is 1. The number of hydrogen-bond donors (Lipinski definition) is 7. The molecule has 0 spiro atoms. The number of aliphatic hydroxyl groups is 3. The van der Waals surface area contributed by atoms with Crippen LogP contribution in [-0.4, -0.2) is 110 Å². The topological polar surface area (TPSA) is 228 Å². The van der Waals surface area contributed by atoms with E-state index in [4.69, 9.17) is 9.84 Å². The Morgan fingerprint density at radius 1 is 0.928 bits per heavy atom. The molecule has 3 aliphatic rings. The van der Waals surface area contributed by atoms with E-state index in [1.807, 2.05) is 57.5 Å². The predicted octanol–water partition coefficient (Wildman–Crippen LogP) is 7.60. The van der Waals surface area contributed by atoms with E-state index in [1.165, 1.54) is 4.90 Å². The van der Waals surface area contributed by atoms with Crippen molar-refractivity contribution in [1.29, 1.82) is 0 Å². The lowest BCUT2D eigenvalue weighted by Crippen LogP contribution is -2.57. The van der Waals surface area contributed by atoms with E-state index in [0.717, 1.165) is 72.2 Å². The third-order valence-electron chi connectivity index (χ3n) is 14.0. The summed E-state index contributed by atoms with van der Waals surface area (Å²) in [5.41, 5.74) is 5.27. The van der Waals surface area contributed by atoms with Gasteiger partial charge in [0.05, 0.1) is 40.8 Å². The number of carbonyl (C=O) groups is 5. The second-order valence-corrected chi connectivity index (χ2v) is 21.8. The number of aromatic nitrogens is 1. The van der Waals surface area contributed by atoms with Gasteiger partial charge < -0.3 is 46.0 Å². The fourth-order valence-electron chi connectivity index (χ4n) is 10.2. The van der Waals surface area contributed by atoms with Gasteiger partial charge in [-0.1, -0.05) is 116 Å². The van der Waals surface area contributed by atoms with Gasteiger partial charge in [0.2, 0.25) is 17.7 Å². The number of aryl methyl sites for hydroxylation is 1. The molecule has 1 aliphatic heterocycles. The minimum atomic E-state index is -1.10. The van der Waals surface area contributed by atoms with E-state index in [2.05, 4.69) is 53.0 Å². The van der Waals surface area contributed by atoms with Crippen LogP contribution in [0.25, 0.3) is 10.4 Å². The molecule has 15 nitrogen and oxygen atoms in total. The number of nitrogens with zero attached hydrogens (tertiary/aromatic N) is 2. The minimum Gasteiger partial charge on any atom is -0.481 e. The van der Waals surface area contributed by atoms with Gasteiger partial charge in [-0.3, -0.25) is 19.2 Å². The van der Waals surface area contributed by atoms with Crippen molar-refractivity contribution in [2.45, 2.75) is 181 Å². The largest absolute Gasteiger partial charge is 0.481 e. The molecular formula is C53H79N5O10S. The average molecular weight is 978 g/mol. The Bertz CT molecular complexity index is 2070. The van der Waals surface area contributed by atoms with Gasteiger partial charge in [-0.15, -0.1) is 11.3 Å². The summed E-state index contributed by atoms with van der Waals surface area (Å²) in [5.74, 6) is -1.47. The molecule has 2 aliphatic carbocycles. The van der Waals surface area contributed by atoms with Gasteiger partial charge in [-0.2, -0.15) is 0 Å². The smallest absolute Gasteiger partial charge is 0.407 e. The number of allylic oxidation sites excluding steroid dienone is 3. The van der Waals surface area contributed by atoms with E-state index in [0.29, 0.717) is 32.2 Å². The van der Waals surface area contributed by atoms with E-state index in [9.17, 15) is 39.3 Å². The van der Waals surface area contributed by atoms with Gasteiger partial charge in [0.1, 0.15) is 18.2 Å². The number of amides is 4. The molecule has 1 fully saturated rings. The van der Waals surface area contributed by atoms with Crippen molar-refractivity contribution in [3.8, 4) is 10.4 Å². The highest BCUT2D eigenvalue weighted by molar-refractivity contribution is 7.13. The number of carboxylic acid groups (broad SMARTS) is 1. The lowest BCUT2D eigenvalue weighted by Gasteiger charge is -2.43. The Labute approximate surface area is 413 Å². The summed E-state index contributed by atoms with van der Waals surface area (Å²) in [4.78, 5) is 71.5. The average Bonchev–Trinajstić information content (AvgIpc) is 3.90. The first kappa shape index (κ1) is 55.3. The van der Waals surface area contributed by atoms with Crippen LogP contribution in [0, 0.1) is 36.0 Å². The number of alkyl carbamates (subject to hydrolysis) is 1. The maximum Gasteiger partial charge on any atom is 0.407 e. The summed E-state index contributed by atoms with van der Waals surface area (Å²) in [6, 6.07) is 6.20. The molecule has 0 radical (unpaired) electrons. The zero-order valence-electron chi connectivity index (χ0n) is 41.7. The summed E-state index contributed by atoms with van der Waals surface area (Å²) in [5, 5.41) is 49.0. The number of thiazole rings is 1. The van der Waals surface area contributed by atoms with Crippen molar-refractivity contribution in [1.82, 2.24) is 25.8 Å². The van der Waals surface area contributed by atoms with Crippen LogP contribution < -0.4 is 16.0 Å². The standard InChI is InChI=1S/C53H79N5O10S/c1-33-25-38-19-16-34(2)42(23-22-39(59)27-40(60)29-46(63)64)47(38)44(26-33)68-52(67)54-24-14-12-10-8-7-9-11-13-15-45(62)57-49(53(4,5)6)51(66)58-31-41(61)28-43(58)50(65)55-30-36-17-20-37(21-18-36)48-35(3)56-32-69-48/h16-21,25,32-34,39-44,47,49,59-61H,7-15,22-24,26-31H2,1-6H3,(H,54,67)(H,55,65)(H,57,62)(H,63,64)/t33-,34-,39+,40-,41+,42-,43-,44?,47-,49+/m0/s1. The van der Waals surface area contributed by atoms with Crippen LogP contribution in [0.3, 0.4) is 0 Å². The highest BCUT2D eigenvalue weighted by Gasteiger charge is 2.45. The van der Waals surface area contributed by atoms with E-state index in [1.54, 1.807) is 11.3 Å². The second-order valence-electron chi connectivity index (χ2n) is 20.9. The summed E-state index contributed by atoms with van der Waals surface area (Å²) in [6.07, 6.45) is 12.3. The second kappa shape index (κ2) is 26.5. The van der Waals surface area contributed by atoms with E-state index in [-0.39, 0.29) is 79.8 Å². The number of ether oxygens (including phenoxy) is 1. The number of unbranched alkanes of at least 4 members (excludes halogenated alkanes) is 7. The van der Waals surface area contributed by atoms with Crippen molar-refractivity contribution in [2.24, 2.45) is 29.1 Å². The number of nitrogens with one attached hydrogen (secondary N) is 3. The van der Waals surface area contributed by atoms with Crippen molar-refractivity contribution in [3.63, 3.8) is 0 Å². The highest BCUT2D eigenvalue weighted by atomic mass is 32.1. The van der Waals surface area contributed by atoms with Crippen molar-refractivity contribution < 1.29 is 49.1 Å². The van der Waals surface area contributed by atoms with Crippen molar-refractivity contribution >= 4 is 41.1 Å². The summed E-state index contributed by atoms with van der Waals surface area (Å²) < 4.78 is 6.08. The number of hydrogen-bond acceptors (Lipinski definition) is 11. The molecule has 16 heteroatoms. The first-order valence-electron chi connectivity index (χ1n) is 25.3. The summed E-state index contributed by atoms with van der Waals surface area (Å²) in [6.45, 7) is 12.7. The molecule has 1 aromatic heterocycles. The fourth-order valence-corrected chi connectivity index (χ4v) is 11.0. The van der Waals surface area contributed by atoms with Gasteiger partial charge >= 0.3 is 12.1 Å². The Morgan fingerprint density at radius 3 is 2.26 bits per heavy atom. The molecule has 0 bridgehead atoms. The molecule has 10 atom stereocenters. The van der Waals surface area contributed by atoms with Gasteiger partial charge in [0.15, 0.2) is 0 Å². The Hall–Kier alpha value is -4.64. The van der Waals surface area contributed by atoms with Gasteiger partial charge in [-0.05, 0) is 85.3 Å². The van der Waals surface area contributed by atoms with Crippen molar-refractivity contribution in [2.75, 3.05) is 13.1 Å². The lowest BCUT2D eigenvalue weighted by molar-refractivity contribution is -0.144. The molecule has 7 N–H and O–H groups in total. The maximum absolute atomic E-state index is 14.0. The number of likely N-dealkylation sites (tertiary alicyclic amines) is 1. The van der Waals surface area contributed by atoms with Crippen LogP contribution in [-0.2, 0) is 30.5 Å². The third kappa shape index (κ3) is 17.0. The maximum atomic E-state index is 14.0. The molecule has 5 rings (SSSR count). The first-order valence-corrected chi connectivity index (χ1v) is 26.2. The number of carbonyl (C=O) groups excluding carboxylic acids is 4. The monoisotopic (exact) mass is 978 g/mol. The number of fused-ring (bicyclic) bond motifs is 1. The molecule has 69 heavy (non-hydrogen) atoms. The van der Waals surface area contributed by atoms with E-state index < -0.39 is 54.3 Å². The van der Waals surface area contributed by atoms with Gasteiger partial charge in [0, 0.05) is 38.4 Å². The van der Waals surface area contributed by atoms with Crippen LogP contribution in [0.5, 0.6) is 0 Å². The molecule has 0 saturated carbocycles. The Kier molecular flexibility index (Phi) is 21.3. The molecule has 2 heterocycles. The Morgan fingerprint density at radius 2 is 1.61 bits per heavy atom. The fraction of sp³-hybridized carbons (Fsp3) is 0.660. The van der Waals surface area contributed by atoms with Gasteiger partial charge in [-0.25, -0.2) is 9.78 Å². The van der Waals surface area contributed by atoms with Gasteiger partial charge in [0.25, 0.3) is 0 Å². The molecule has 1 aromatic carbocycles. The zero-order valence-corrected chi connectivity index (χ0v) is 42.5. The quantitative estimate of drug-likeness (QED) is 0.0479. The molecule has 1 unspecified atom stereocenters. The SMILES string of the molecule is Cc1ncsc1-c1ccc(CNC(=O)[C@@H]2C[C@@H](O)CN2C(=O)[C@@H](NC(=O)CCCCCCCCCCNC(=O)OC2C[C@@H](C)C=C3C=C[C@H](C)[C@H](CC[C@@H](O)C[C@H](O)CC(=O)O)[C@H]32)C(C)(C)C)cc1. The molecule has 4 amide bonds. The number of carboxylic acids is 1. The number of aliphatic hydroxyl groups excluding tert-OH is 3. The summed E-state index contributed by atoms with van der Waals surface area (Å²) >= 11 is 1.58. The number of aliphatic carboxylic acids is 1. The molecule has 2 aromatic rings. The van der Waals surface area contributed by atoms with Crippen molar-refractivity contribution in [3.05, 3.63) is 64.8 Å². The minimum absolute atomic E-state index is 0.00633. The zero-order chi connectivity index (χ0) is 50.3.